The molecule has 3 rings (SSSR count). The second kappa shape index (κ2) is 4.48. The van der Waals surface area contributed by atoms with Crippen LogP contribution in [0.3, 0.4) is 0 Å². The normalized spacial score (nSPS) is 31.7. The van der Waals surface area contributed by atoms with Crippen LogP contribution in [-0.2, 0) is 14.3 Å². The molecule has 2 atom stereocenters. The summed E-state index contributed by atoms with van der Waals surface area (Å²) in [6.45, 7) is 5.78. The Hall–Kier alpha value is -2.04. The summed E-state index contributed by atoms with van der Waals surface area (Å²) < 4.78 is 10.7. The van der Waals surface area contributed by atoms with Gasteiger partial charge in [0.2, 0.25) is 0 Å². The monoisotopic (exact) mass is 303 g/mol. The van der Waals surface area contributed by atoms with Gasteiger partial charge in [0.15, 0.2) is 5.60 Å². The summed E-state index contributed by atoms with van der Waals surface area (Å²) in [6.07, 6.45) is 1.24. The molecule has 1 aliphatic heterocycles. The highest BCUT2D eigenvalue weighted by Gasteiger charge is 2.75. The molecule has 2 bridgehead atoms. The van der Waals surface area contributed by atoms with Crippen LogP contribution in [-0.4, -0.2) is 24.6 Å². The van der Waals surface area contributed by atoms with E-state index in [4.69, 9.17) is 9.47 Å². The fourth-order valence-electron chi connectivity index (χ4n) is 3.65. The van der Waals surface area contributed by atoms with Gasteiger partial charge in [-0.05, 0) is 44.0 Å². The molecular weight excluding hydrogens is 282 g/mol. The van der Waals surface area contributed by atoms with Gasteiger partial charge in [-0.2, -0.15) is 0 Å². The first kappa shape index (κ1) is 14.9. The number of carbonyl (C=O) groups excluding carboxylic acids is 2. The van der Waals surface area contributed by atoms with Gasteiger partial charge < -0.3 is 14.8 Å². The highest BCUT2D eigenvalue weighted by Crippen LogP contribution is 2.65. The molecule has 1 saturated carbocycles. The second-order valence-electron chi connectivity index (χ2n) is 6.86. The standard InChI is InChI=1S/C17H21NO4/c1-15(2)16(3)9-10-17(15,22-14(16)20)13(19)18-11-5-7-12(21-4)8-6-11/h5-8H,9-10H2,1-4H3,(H,18,19)/t16-,17+/m0/s1. The maximum absolute atomic E-state index is 12.8. The SMILES string of the molecule is COc1ccc(NC(=O)[C@@]23CC[C@@](C)(C(=O)O2)C3(C)C)cc1. The minimum atomic E-state index is -1.08. The minimum Gasteiger partial charge on any atom is -0.497 e. The Morgan fingerprint density at radius 1 is 1.18 bits per heavy atom. The van der Waals surface area contributed by atoms with Crippen molar-refractivity contribution in [2.75, 3.05) is 12.4 Å². The van der Waals surface area contributed by atoms with Crippen molar-refractivity contribution in [1.29, 1.82) is 0 Å². The molecule has 1 aliphatic carbocycles. The third-order valence-electron chi connectivity index (χ3n) is 5.80. The van der Waals surface area contributed by atoms with E-state index in [9.17, 15) is 9.59 Å². The lowest BCUT2D eigenvalue weighted by Crippen LogP contribution is -2.50. The van der Waals surface area contributed by atoms with E-state index >= 15 is 0 Å². The molecule has 118 valence electrons. The molecule has 2 fully saturated rings. The zero-order valence-electron chi connectivity index (χ0n) is 13.4. The van der Waals surface area contributed by atoms with Crippen LogP contribution in [0.15, 0.2) is 24.3 Å². The first-order valence-electron chi connectivity index (χ1n) is 7.46. The number of ether oxygens (including phenoxy) is 2. The molecule has 1 N–H and O–H groups in total. The molecule has 0 spiro atoms. The maximum Gasteiger partial charge on any atom is 0.313 e. The zero-order valence-corrected chi connectivity index (χ0v) is 13.4. The average molecular weight is 303 g/mol. The first-order valence-corrected chi connectivity index (χ1v) is 7.46. The topological polar surface area (TPSA) is 64.6 Å². The zero-order chi connectivity index (χ0) is 16.2. The molecule has 22 heavy (non-hydrogen) atoms. The van der Waals surface area contributed by atoms with Gasteiger partial charge in [0.05, 0.1) is 12.5 Å². The van der Waals surface area contributed by atoms with E-state index < -0.39 is 16.4 Å². The van der Waals surface area contributed by atoms with Crippen molar-refractivity contribution >= 4 is 17.6 Å². The molecule has 5 heteroatoms. The highest BCUT2D eigenvalue weighted by atomic mass is 16.6. The number of fused-ring (bicyclic) bond motifs is 2. The molecule has 1 aromatic carbocycles. The van der Waals surface area contributed by atoms with Crippen LogP contribution in [0.4, 0.5) is 5.69 Å². The van der Waals surface area contributed by atoms with Crippen LogP contribution in [0, 0.1) is 10.8 Å². The molecule has 1 amide bonds. The van der Waals surface area contributed by atoms with Crippen molar-refractivity contribution in [3.8, 4) is 5.75 Å². The Kier molecular flexibility index (Phi) is 3.03. The number of methoxy groups -OCH3 is 1. The van der Waals surface area contributed by atoms with Crippen LogP contribution >= 0.6 is 0 Å². The summed E-state index contributed by atoms with van der Waals surface area (Å²) >= 11 is 0. The van der Waals surface area contributed by atoms with Gasteiger partial charge in [-0.25, -0.2) is 0 Å². The lowest BCUT2D eigenvalue weighted by Gasteiger charge is -2.35. The van der Waals surface area contributed by atoms with E-state index in [0.717, 1.165) is 5.75 Å². The Balaban J connectivity index is 1.87. The summed E-state index contributed by atoms with van der Waals surface area (Å²) in [5, 5.41) is 2.88. The third kappa shape index (κ3) is 1.65. The largest absolute Gasteiger partial charge is 0.497 e. The summed E-state index contributed by atoms with van der Waals surface area (Å²) in [5.74, 6) is 0.197. The van der Waals surface area contributed by atoms with Crippen molar-refractivity contribution in [3.63, 3.8) is 0 Å². The van der Waals surface area contributed by atoms with Gasteiger partial charge in [0, 0.05) is 11.1 Å². The Labute approximate surface area is 130 Å². The quantitative estimate of drug-likeness (QED) is 0.872. The maximum atomic E-state index is 12.8. The molecule has 0 unspecified atom stereocenters. The van der Waals surface area contributed by atoms with Gasteiger partial charge >= 0.3 is 5.97 Å². The number of carbonyl (C=O) groups is 2. The van der Waals surface area contributed by atoms with Crippen LogP contribution in [0.1, 0.15) is 33.6 Å². The molecule has 5 nitrogen and oxygen atoms in total. The molecule has 1 saturated heterocycles. The third-order valence-corrected chi connectivity index (χ3v) is 5.80. The Bertz CT molecular complexity index is 637. The van der Waals surface area contributed by atoms with Gasteiger partial charge in [-0.15, -0.1) is 0 Å². The number of amides is 1. The second-order valence-corrected chi connectivity index (χ2v) is 6.86. The molecular formula is C17H21NO4. The van der Waals surface area contributed by atoms with Crippen LogP contribution in [0.25, 0.3) is 0 Å². The van der Waals surface area contributed by atoms with Gasteiger partial charge in [0.25, 0.3) is 5.91 Å². The van der Waals surface area contributed by atoms with E-state index in [1.807, 2.05) is 20.8 Å². The van der Waals surface area contributed by atoms with Crippen LogP contribution in [0.5, 0.6) is 5.75 Å². The number of nitrogens with one attached hydrogen (secondary N) is 1. The molecule has 2 aliphatic rings. The Morgan fingerprint density at radius 2 is 1.82 bits per heavy atom. The van der Waals surface area contributed by atoms with Crippen LogP contribution in [0.2, 0.25) is 0 Å². The van der Waals surface area contributed by atoms with Crippen molar-refractivity contribution in [1.82, 2.24) is 0 Å². The summed E-state index contributed by atoms with van der Waals surface area (Å²) in [5.41, 5.74) is -1.55. The molecule has 0 radical (unpaired) electrons. The smallest absolute Gasteiger partial charge is 0.313 e. The lowest BCUT2D eigenvalue weighted by atomic mass is 9.66. The molecule has 1 heterocycles. The lowest BCUT2D eigenvalue weighted by molar-refractivity contribution is -0.165. The predicted molar refractivity (Wildman–Crippen MR) is 81.6 cm³/mol. The summed E-state index contributed by atoms with van der Waals surface area (Å²) in [6, 6.07) is 7.09. The average Bonchev–Trinajstić information content (AvgIpc) is 2.78. The van der Waals surface area contributed by atoms with Crippen molar-refractivity contribution in [3.05, 3.63) is 24.3 Å². The number of benzene rings is 1. The molecule has 1 aromatic rings. The Morgan fingerprint density at radius 3 is 2.27 bits per heavy atom. The van der Waals surface area contributed by atoms with E-state index in [0.29, 0.717) is 18.5 Å². The number of rotatable bonds is 3. The number of esters is 1. The van der Waals surface area contributed by atoms with Crippen LogP contribution < -0.4 is 10.1 Å². The number of hydrogen-bond donors (Lipinski definition) is 1. The minimum absolute atomic E-state index is 0.253. The van der Waals surface area contributed by atoms with Gasteiger partial charge in [-0.1, -0.05) is 13.8 Å². The van der Waals surface area contributed by atoms with E-state index in [1.54, 1.807) is 31.4 Å². The summed E-state index contributed by atoms with van der Waals surface area (Å²) in [4.78, 5) is 25.0. The highest BCUT2D eigenvalue weighted by molar-refractivity contribution is 6.03. The van der Waals surface area contributed by atoms with Crippen molar-refractivity contribution in [2.24, 2.45) is 10.8 Å². The van der Waals surface area contributed by atoms with Crippen molar-refractivity contribution < 1.29 is 19.1 Å². The molecule has 0 aromatic heterocycles. The van der Waals surface area contributed by atoms with E-state index in [2.05, 4.69) is 5.32 Å². The number of hydrogen-bond acceptors (Lipinski definition) is 4. The fourth-order valence-corrected chi connectivity index (χ4v) is 3.65. The summed E-state index contributed by atoms with van der Waals surface area (Å²) in [7, 11) is 1.59. The fraction of sp³-hybridized carbons (Fsp3) is 0.529. The predicted octanol–water partition coefficient (Wildman–Crippen LogP) is 2.76. The van der Waals surface area contributed by atoms with E-state index in [-0.39, 0.29) is 11.9 Å². The van der Waals surface area contributed by atoms with Gasteiger partial charge in [-0.3, -0.25) is 9.59 Å². The van der Waals surface area contributed by atoms with Gasteiger partial charge in [0.1, 0.15) is 5.75 Å². The van der Waals surface area contributed by atoms with E-state index in [1.165, 1.54) is 0 Å². The first-order chi connectivity index (χ1) is 10.3. The van der Waals surface area contributed by atoms with Crippen molar-refractivity contribution in [2.45, 2.75) is 39.2 Å². The number of anilines is 1.